The lowest BCUT2D eigenvalue weighted by Gasteiger charge is -2.18. The first-order valence-electron chi connectivity index (χ1n) is 11.3. The van der Waals surface area contributed by atoms with E-state index >= 15 is 0 Å². The molecule has 3 aromatic rings. The van der Waals surface area contributed by atoms with Crippen LogP contribution in [0.1, 0.15) is 41.6 Å². The third-order valence-corrected chi connectivity index (χ3v) is 5.20. The average molecular weight is 467 g/mol. The highest BCUT2D eigenvalue weighted by Crippen LogP contribution is 2.25. The minimum atomic E-state index is -0.892. The molecule has 2 aromatic carbocycles. The zero-order valence-electron chi connectivity index (χ0n) is 19.4. The molecule has 0 saturated heterocycles. The highest BCUT2D eigenvalue weighted by Gasteiger charge is 2.24. The minimum absolute atomic E-state index is 0.0295. The van der Waals surface area contributed by atoms with E-state index in [2.05, 4.69) is 20.8 Å². The predicted octanol–water partition coefficient (Wildman–Crippen LogP) is 2.89. The molecule has 34 heavy (non-hydrogen) atoms. The molecule has 0 bridgehead atoms. The van der Waals surface area contributed by atoms with Crippen LogP contribution in [0.5, 0.6) is 5.75 Å². The number of benzene rings is 2. The van der Waals surface area contributed by atoms with Crippen LogP contribution < -0.4 is 10.6 Å². The Morgan fingerprint density at radius 1 is 1.15 bits per heavy atom. The maximum atomic E-state index is 12.9. The summed E-state index contributed by atoms with van der Waals surface area (Å²) in [5, 5.41) is 20.2. The third-order valence-electron chi connectivity index (χ3n) is 5.20. The Hall–Kier alpha value is -3.72. The fourth-order valence-electron chi connectivity index (χ4n) is 3.44. The number of carbonyl (C=O) groups excluding carboxylic acids is 2. The van der Waals surface area contributed by atoms with Gasteiger partial charge in [0.2, 0.25) is 11.7 Å². The Morgan fingerprint density at radius 2 is 1.94 bits per heavy atom. The summed E-state index contributed by atoms with van der Waals surface area (Å²) in [6.07, 6.45) is 2.84. The normalized spacial score (nSPS) is 11.7. The van der Waals surface area contributed by atoms with Gasteiger partial charge in [0.25, 0.3) is 5.91 Å². The fraction of sp³-hybridized carbons (Fsp3) is 0.360. The van der Waals surface area contributed by atoms with Gasteiger partial charge in [-0.05, 0) is 57.1 Å². The van der Waals surface area contributed by atoms with E-state index in [0.29, 0.717) is 23.7 Å². The fourth-order valence-corrected chi connectivity index (χ4v) is 3.44. The average Bonchev–Trinajstić information content (AvgIpc) is 3.31. The van der Waals surface area contributed by atoms with Crippen molar-refractivity contribution in [1.29, 1.82) is 0 Å². The van der Waals surface area contributed by atoms with E-state index in [9.17, 15) is 14.7 Å². The van der Waals surface area contributed by atoms with Crippen LogP contribution in [0.4, 0.5) is 0 Å². The summed E-state index contributed by atoms with van der Waals surface area (Å²) in [5.74, 6) is -0.524. The van der Waals surface area contributed by atoms with Crippen LogP contribution in [0.15, 0.2) is 53.1 Å². The number of unbranched alkanes of at least 4 members (excludes halogenated alkanes) is 1. The number of nitrogens with one attached hydrogen (secondary N) is 2. The molecule has 1 amide bonds. The maximum absolute atomic E-state index is 12.9. The SMILES string of the molecule is CCOC(=O)C(Cc1ccccc1)NC(=O)c1ccc(-c2noc(CCCCNC)n2)cc1O. The number of aromatic nitrogens is 2. The highest BCUT2D eigenvalue weighted by molar-refractivity contribution is 5.99. The molecule has 180 valence electrons. The molecule has 0 spiro atoms. The summed E-state index contributed by atoms with van der Waals surface area (Å²) < 4.78 is 10.4. The van der Waals surface area contributed by atoms with Crippen molar-refractivity contribution >= 4 is 11.9 Å². The summed E-state index contributed by atoms with van der Waals surface area (Å²) >= 11 is 0. The molecule has 0 fully saturated rings. The standard InChI is InChI=1S/C25H30N4O5/c1-3-33-25(32)20(15-17-9-5-4-6-10-17)27-24(31)19-13-12-18(16-21(19)30)23-28-22(34-29-23)11-7-8-14-26-2/h4-6,9-10,12-13,16,20,26,30H,3,7-8,11,14-15H2,1-2H3,(H,27,31). The van der Waals surface area contributed by atoms with Crippen molar-refractivity contribution < 1.29 is 24.0 Å². The molecule has 0 aliphatic rings. The lowest BCUT2D eigenvalue weighted by molar-refractivity contribution is -0.145. The Labute approximate surface area is 198 Å². The van der Waals surface area contributed by atoms with E-state index in [4.69, 9.17) is 9.26 Å². The Morgan fingerprint density at radius 3 is 2.65 bits per heavy atom. The molecule has 0 saturated carbocycles. The van der Waals surface area contributed by atoms with Crippen molar-refractivity contribution in [2.24, 2.45) is 0 Å². The molecule has 1 atom stereocenters. The maximum Gasteiger partial charge on any atom is 0.328 e. The molecule has 0 aliphatic heterocycles. The van der Waals surface area contributed by atoms with Gasteiger partial charge in [0.15, 0.2) is 0 Å². The topological polar surface area (TPSA) is 127 Å². The summed E-state index contributed by atoms with van der Waals surface area (Å²) in [5.41, 5.74) is 1.42. The van der Waals surface area contributed by atoms with Gasteiger partial charge in [-0.1, -0.05) is 35.5 Å². The number of aryl methyl sites for hydroxylation is 1. The lowest BCUT2D eigenvalue weighted by Crippen LogP contribution is -2.43. The molecular weight excluding hydrogens is 436 g/mol. The van der Waals surface area contributed by atoms with Gasteiger partial charge in [0.1, 0.15) is 11.8 Å². The van der Waals surface area contributed by atoms with Gasteiger partial charge in [0.05, 0.1) is 12.2 Å². The van der Waals surface area contributed by atoms with E-state index in [1.54, 1.807) is 13.0 Å². The first-order chi connectivity index (χ1) is 16.5. The highest BCUT2D eigenvalue weighted by atomic mass is 16.5. The summed E-state index contributed by atoms with van der Waals surface area (Å²) in [4.78, 5) is 29.6. The molecule has 9 heteroatoms. The van der Waals surface area contributed by atoms with Crippen molar-refractivity contribution in [3.05, 3.63) is 65.5 Å². The van der Waals surface area contributed by atoms with Crippen LogP contribution in [-0.2, 0) is 22.4 Å². The number of rotatable bonds is 12. The van der Waals surface area contributed by atoms with E-state index in [-0.39, 0.29) is 24.3 Å². The van der Waals surface area contributed by atoms with Crippen molar-refractivity contribution in [3.8, 4) is 17.1 Å². The van der Waals surface area contributed by atoms with Crippen LogP contribution in [0.25, 0.3) is 11.4 Å². The molecule has 1 aromatic heterocycles. The molecule has 9 nitrogen and oxygen atoms in total. The molecule has 3 rings (SSSR count). The van der Waals surface area contributed by atoms with E-state index in [1.807, 2.05) is 37.4 Å². The largest absolute Gasteiger partial charge is 0.507 e. The summed E-state index contributed by atoms with van der Waals surface area (Å²) in [6, 6.07) is 12.9. The third kappa shape index (κ3) is 6.89. The monoisotopic (exact) mass is 466 g/mol. The van der Waals surface area contributed by atoms with Gasteiger partial charge < -0.3 is 25.0 Å². The Balaban J connectivity index is 1.69. The van der Waals surface area contributed by atoms with Crippen LogP contribution in [0.3, 0.4) is 0 Å². The van der Waals surface area contributed by atoms with E-state index < -0.39 is 17.9 Å². The Kier molecular flexibility index (Phi) is 9.16. The van der Waals surface area contributed by atoms with Gasteiger partial charge in [-0.25, -0.2) is 4.79 Å². The zero-order valence-corrected chi connectivity index (χ0v) is 19.4. The van der Waals surface area contributed by atoms with Gasteiger partial charge in [-0.15, -0.1) is 0 Å². The molecule has 3 N–H and O–H groups in total. The second-order valence-electron chi connectivity index (χ2n) is 7.77. The number of esters is 1. The first kappa shape index (κ1) is 24.9. The quantitative estimate of drug-likeness (QED) is 0.275. The van der Waals surface area contributed by atoms with Crippen molar-refractivity contribution in [1.82, 2.24) is 20.8 Å². The number of nitrogens with zero attached hydrogens (tertiary/aromatic N) is 2. The first-order valence-corrected chi connectivity index (χ1v) is 11.3. The smallest absolute Gasteiger partial charge is 0.328 e. The lowest BCUT2D eigenvalue weighted by atomic mass is 10.0. The number of aromatic hydroxyl groups is 1. The van der Waals surface area contributed by atoms with Gasteiger partial charge in [-0.3, -0.25) is 4.79 Å². The summed E-state index contributed by atoms with van der Waals surface area (Å²) in [6.45, 7) is 2.82. The van der Waals surface area contributed by atoms with E-state index in [0.717, 1.165) is 24.9 Å². The van der Waals surface area contributed by atoms with Gasteiger partial charge in [0, 0.05) is 18.4 Å². The number of phenols is 1. The van der Waals surface area contributed by atoms with Crippen molar-refractivity contribution in [2.75, 3.05) is 20.2 Å². The minimum Gasteiger partial charge on any atom is -0.507 e. The number of ether oxygens (including phenoxy) is 1. The number of amides is 1. The number of hydrogen-bond acceptors (Lipinski definition) is 8. The van der Waals surface area contributed by atoms with Crippen LogP contribution >= 0.6 is 0 Å². The van der Waals surface area contributed by atoms with Crippen LogP contribution in [-0.4, -0.2) is 53.4 Å². The number of phenolic OH excluding ortho intramolecular Hbond substituents is 1. The van der Waals surface area contributed by atoms with Crippen molar-refractivity contribution in [3.63, 3.8) is 0 Å². The molecule has 1 unspecified atom stereocenters. The van der Waals surface area contributed by atoms with Gasteiger partial charge >= 0.3 is 5.97 Å². The summed E-state index contributed by atoms with van der Waals surface area (Å²) in [7, 11) is 1.90. The molecular formula is C25H30N4O5. The number of hydrogen-bond donors (Lipinski definition) is 3. The van der Waals surface area contributed by atoms with Gasteiger partial charge in [-0.2, -0.15) is 4.98 Å². The predicted molar refractivity (Wildman–Crippen MR) is 126 cm³/mol. The van der Waals surface area contributed by atoms with Crippen LogP contribution in [0, 0.1) is 0 Å². The van der Waals surface area contributed by atoms with Crippen molar-refractivity contribution in [2.45, 2.75) is 38.6 Å². The second-order valence-corrected chi connectivity index (χ2v) is 7.77. The second kappa shape index (κ2) is 12.5. The molecule has 0 radical (unpaired) electrons. The van der Waals surface area contributed by atoms with E-state index in [1.165, 1.54) is 12.1 Å². The molecule has 1 heterocycles. The zero-order chi connectivity index (χ0) is 24.3. The van der Waals surface area contributed by atoms with Crippen LogP contribution in [0.2, 0.25) is 0 Å². The number of carbonyl (C=O) groups is 2. The molecule has 0 aliphatic carbocycles. The Bertz CT molecular complexity index is 1080.